The number of hydrogen-bond acceptors (Lipinski definition) is 1. The van der Waals surface area contributed by atoms with E-state index in [1.807, 2.05) is 0 Å². The van der Waals surface area contributed by atoms with Crippen LogP contribution in [0, 0.1) is 5.92 Å². The lowest BCUT2D eigenvalue weighted by Crippen LogP contribution is -2.09. The van der Waals surface area contributed by atoms with Gasteiger partial charge in [0.15, 0.2) is 0 Å². The van der Waals surface area contributed by atoms with E-state index in [4.69, 9.17) is 16.3 Å². The van der Waals surface area contributed by atoms with Crippen LogP contribution >= 0.6 is 11.6 Å². The van der Waals surface area contributed by atoms with E-state index >= 15 is 0 Å². The molecular weight excluding hydrogens is 196 g/mol. The second kappa shape index (κ2) is 6.26. The van der Waals surface area contributed by atoms with Crippen molar-refractivity contribution in [2.75, 3.05) is 13.7 Å². The van der Waals surface area contributed by atoms with Crippen molar-refractivity contribution in [3.8, 4) is 0 Å². The van der Waals surface area contributed by atoms with Crippen LogP contribution < -0.4 is 0 Å². The SMILES string of the molecule is COCCCCC1=CC(C)C(Cl)C=C1. The summed E-state index contributed by atoms with van der Waals surface area (Å²) in [7, 11) is 1.75. The number of hydrogen-bond donors (Lipinski definition) is 0. The van der Waals surface area contributed by atoms with Gasteiger partial charge in [0.2, 0.25) is 0 Å². The smallest absolute Gasteiger partial charge is 0.0579 e. The zero-order valence-corrected chi connectivity index (χ0v) is 9.76. The number of unbranched alkanes of at least 4 members (excludes halogenated alkanes) is 1. The molecule has 1 aliphatic carbocycles. The van der Waals surface area contributed by atoms with Crippen LogP contribution in [0.15, 0.2) is 23.8 Å². The van der Waals surface area contributed by atoms with Crippen LogP contribution in [-0.4, -0.2) is 19.1 Å². The second-order valence-electron chi connectivity index (χ2n) is 3.85. The van der Waals surface area contributed by atoms with Crippen molar-refractivity contribution in [3.05, 3.63) is 23.8 Å². The molecule has 0 bridgehead atoms. The van der Waals surface area contributed by atoms with Crippen LogP contribution in [0.25, 0.3) is 0 Å². The lowest BCUT2D eigenvalue weighted by molar-refractivity contribution is 0.193. The van der Waals surface area contributed by atoms with Gasteiger partial charge < -0.3 is 4.74 Å². The van der Waals surface area contributed by atoms with Gasteiger partial charge in [-0.05, 0) is 25.2 Å². The Hall–Kier alpha value is -0.270. The Morgan fingerprint density at radius 3 is 2.86 bits per heavy atom. The van der Waals surface area contributed by atoms with Gasteiger partial charge in [-0.1, -0.05) is 30.7 Å². The number of methoxy groups -OCH3 is 1. The molecule has 0 aromatic carbocycles. The van der Waals surface area contributed by atoms with Crippen LogP contribution in [0.2, 0.25) is 0 Å². The molecule has 2 heteroatoms. The van der Waals surface area contributed by atoms with Crippen molar-refractivity contribution in [2.45, 2.75) is 31.6 Å². The maximum Gasteiger partial charge on any atom is 0.0579 e. The Labute approximate surface area is 91.8 Å². The van der Waals surface area contributed by atoms with E-state index < -0.39 is 0 Å². The lowest BCUT2D eigenvalue weighted by atomic mass is 9.95. The normalized spacial score (nSPS) is 26.4. The van der Waals surface area contributed by atoms with Crippen molar-refractivity contribution >= 4 is 11.6 Å². The van der Waals surface area contributed by atoms with Crippen LogP contribution in [0.5, 0.6) is 0 Å². The molecule has 0 heterocycles. The summed E-state index contributed by atoms with van der Waals surface area (Å²) in [5.41, 5.74) is 1.42. The molecule has 0 saturated heterocycles. The fourth-order valence-corrected chi connectivity index (χ4v) is 1.76. The first kappa shape index (κ1) is 11.8. The molecule has 2 atom stereocenters. The Morgan fingerprint density at radius 1 is 1.43 bits per heavy atom. The summed E-state index contributed by atoms with van der Waals surface area (Å²) in [4.78, 5) is 0. The number of halogens is 1. The maximum absolute atomic E-state index is 6.06. The Kier molecular flexibility index (Phi) is 5.28. The van der Waals surface area contributed by atoms with Gasteiger partial charge in [-0.2, -0.15) is 0 Å². The van der Waals surface area contributed by atoms with Crippen molar-refractivity contribution in [2.24, 2.45) is 5.92 Å². The van der Waals surface area contributed by atoms with Crippen molar-refractivity contribution in [1.29, 1.82) is 0 Å². The number of alkyl halides is 1. The highest BCUT2D eigenvalue weighted by Gasteiger charge is 2.13. The molecule has 0 amide bonds. The van der Waals surface area contributed by atoms with E-state index in [1.54, 1.807) is 7.11 Å². The van der Waals surface area contributed by atoms with Gasteiger partial charge in [0.1, 0.15) is 0 Å². The first-order chi connectivity index (χ1) is 6.74. The van der Waals surface area contributed by atoms with E-state index in [1.165, 1.54) is 12.0 Å². The molecule has 0 aromatic heterocycles. The Bertz CT molecular complexity index is 220. The molecule has 2 unspecified atom stereocenters. The van der Waals surface area contributed by atoms with Crippen LogP contribution in [0.4, 0.5) is 0 Å². The number of rotatable bonds is 5. The third kappa shape index (κ3) is 3.85. The van der Waals surface area contributed by atoms with Crippen molar-refractivity contribution in [1.82, 2.24) is 0 Å². The fourth-order valence-electron chi connectivity index (χ4n) is 1.62. The van der Waals surface area contributed by atoms with Gasteiger partial charge >= 0.3 is 0 Å². The summed E-state index contributed by atoms with van der Waals surface area (Å²) in [6.07, 6.45) is 10.0. The lowest BCUT2D eigenvalue weighted by Gasteiger charge is -2.17. The molecule has 14 heavy (non-hydrogen) atoms. The first-order valence-electron chi connectivity index (χ1n) is 5.26. The van der Waals surface area contributed by atoms with Gasteiger partial charge in [0.05, 0.1) is 5.38 Å². The van der Waals surface area contributed by atoms with Crippen LogP contribution in [0.1, 0.15) is 26.2 Å². The highest BCUT2D eigenvalue weighted by atomic mass is 35.5. The summed E-state index contributed by atoms with van der Waals surface area (Å²) >= 11 is 6.06. The Balaban J connectivity index is 2.25. The van der Waals surface area contributed by atoms with Gasteiger partial charge in [0, 0.05) is 13.7 Å². The van der Waals surface area contributed by atoms with Crippen molar-refractivity contribution in [3.63, 3.8) is 0 Å². The summed E-state index contributed by atoms with van der Waals surface area (Å²) in [5.74, 6) is 0.471. The molecule has 1 rings (SSSR count). The minimum atomic E-state index is 0.178. The Morgan fingerprint density at radius 2 is 2.21 bits per heavy atom. The quantitative estimate of drug-likeness (QED) is 0.503. The largest absolute Gasteiger partial charge is 0.385 e. The molecule has 80 valence electrons. The third-order valence-electron chi connectivity index (χ3n) is 2.54. The number of ether oxygens (including phenoxy) is 1. The summed E-state index contributed by atoms with van der Waals surface area (Å²) in [5, 5.41) is 0.178. The zero-order valence-electron chi connectivity index (χ0n) is 9.00. The monoisotopic (exact) mass is 214 g/mol. The molecule has 1 aliphatic rings. The molecule has 1 nitrogen and oxygen atoms in total. The van der Waals surface area contributed by atoms with E-state index in [0.717, 1.165) is 19.4 Å². The second-order valence-corrected chi connectivity index (χ2v) is 4.36. The average molecular weight is 215 g/mol. The third-order valence-corrected chi connectivity index (χ3v) is 3.08. The van der Waals surface area contributed by atoms with E-state index in [2.05, 4.69) is 25.2 Å². The fraction of sp³-hybridized carbons (Fsp3) is 0.667. The van der Waals surface area contributed by atoms with Gasteiger partial charge in [0.25, 0.3) is 0 Å². The average Bonchev–Trinajstić information content (AvgIpc) is 2.18. The molecule has 0 saturated carbocycles. The highest BCUT2D eigenvalue weighted by molar-refractivity contribution is 6.22. The molecule has 0 spiro atoms. The predicted octanol–water partition coefficient (Wildman–Crippen LogP) is 3.54. The van der Waals surface area contributed by atoms with E-state index in [-0.39, 0.29) is 5.38 Å². The summed E-state index contributed by atoms with van der Waals surface area (Å²) < 4.78 is 5.01. The van der Waals surface area contributed by atoms with Gasteiger partial charge in [-0.3, -0.25) is 0 Å². The number of allylic oxidation sites excluding steroid dienone is 4. The summed E-state index contributed by atoms with van der Waals surface area (Å²) in [6.45, 7) is 3.03. The molecule has 0 aliphatic heterocycles. The van der Waals surface area contributed by atoms with Gasteiger partial charge in [-0.15, -0.1) is 11.6 Å². The topological polar surface area (TPSA) is 9.23 Å². The van der Waals surface area contributed by atoms with E-state index in [9.17, 15) is 0 Å². The maximum atomic E-state index is 6.06. The van der Waals surface area contributed by atoms with Gasteiger partial charge in [-0.25, -0.2) is 0 Å². The minimum absolute atomic E-state index is 0.178. The first-order valence-corrected chi connectivity index (χ1v) is 5.69. The molecule has 0 fully saturated rings. The molecule has 0 N–H and O–H groups in total. The predicted molar refractivity (Wildman–Crippen MR) is 61.8 cm³/mol. The van der Waals surface area contributed by atoms with Crippen molar-refractivity contribution < 1.29 is 4.74 Å². The van der Waals surface area contributed by atoms with Crippen LogP contribution in [0.3, 0.4) is 0 Å². The standard InChI is InChI=1S/C12H19ClO/c1-10-9-11(6-7-12(10)13)5-3-4-8-14-2/h6-7,9-10,12H,3-5,8H2,1-2H3. The van der Waals surface area contributed by atoms with Crippen LogP contribution in [-0.2, 0) is 4.74 Å². The minimum Gasteiger partial charge on any atom is -0.385 e. The molecule has 0 aromatic rings. The molecule has 0 radical (unpaired) electrons. The molecular formula is C12H19ClO. The zero-order chi connectivity index (χ0) is 10.4. The highest BCUT2D eigenvalue weighted by Crippen LogP contribution is 2.23. The summed E-state index contributed by atoms with van der Waals surface area (Å²) in [6, 6.07) is 0. The van der Waals surface area contributed by atoms with E-state index in [0.29, 0.717) is 5.92 Å².